The molecule has 0 saturated heterocycles. The maximum atomic E-state index is 3.44. The van der Waals surface area contributed by atoms with E-state index in [9.17, 15) is 0 Å². The van der Waals surface area contributed by atoms with Gasteiger partial charge in [0.2, 0.25) is 7.41 Å². The van der Waals surface area contributed by atoms with E-state index in [0.717, 1.165) is 4.47 Å². The summed E-state index contributed by atoms with van der Waals surface area (Å²) in [4.78, 5) is 2.36. The molecule has 0 heterocycles. The predicted octanol–water partition coefficient (Wildman–Crippen LogP) is 2.81. The van der Waals surface area contributed by atoms with Gasteiger partial charge in [0, 0.05) is 4.47 Å². The predicted molar refractivity (Wildman–Crippen MR) is 71.6 cm³/mol. The van der Waals surface area contributed by atoms with Crippen molar-refractivity contribution in [2.45, 2.75) is 39.8 Å². The first-order chi connectivity index (χ1) is 7.00. The number of halogens is 1. The third-order valence-corrected chi connectivity index (χ3v) is 2.89. The average Bonchev–Trinajstić information content (AvgIpc) is 2.15. The van der Waals surface area contributed by atoms with Crippen molar-refractivity contribution >= 4 is 28.8 Å². The minimum absolute atomic E-state index is 0.536. The van der Waals surface area contributed by atoms with Gasteiger partial charge in [-0.05, 0) is 24.2 Å². The summed E-state index contributed by atoms with van der Waals surface area (Å²) < 4.78 is 1.13. The van der Waals surface area contributed by atoms with Gasteiger partial charge in [-0.3, -0.25) is 0 Å². The second kappa shape index (κ2) is 5.71. The van der Waals surface area contributed by atoms with Crippen molar-refractivity contribution < 1.29 is 0 Å². The van der Waals surface area contributed by atoms with E-state index >= 15 is 0 Å². The Hall–Kier alpha value is -0.275. The summed E-state index contributed by atoms with van der Waals surface area (Å²) >= 11 is 3.44. The van der Waals surface area contributed by atoms with Crippen molar-refractivity contribution in [2.24, 2.45) is 0 Å². The molecule has 15 heavy (non-hydrogen) atoms. The summed E-state index contributed by atoms with van der Waals surface area (Å²) in [6.45, 7) is 8.87. The molecule has 0 aliphatic rings. The van der Waals surface area contributed by atoms with Crippen LogP contribution in [0.4, 0.5) is 0 Å². The molecule has 1 radical (unpaired) electrons. The molecule has 0 aliphatic heterocycles. The fourth-order valence-electron chi connectivity index (χ4n) is 1.62. The van der Waals surface area contributed by atoms with Crippen LogP contribution in [0.25, 0.3) is 0 Å². The standard InChI is InChI=1S/C12H18BBrN/c1-9(2)15(10(3)4)13-11-5-7-12(14)8-6-11/h5-10H,1-4H3. The summed E-state index contributed by atoms with van der Waals surface area (Å²) in [6.07, 6.45) is 0. The first kappa shape index (κ1) is 12.8. The molecule has 0 atom stereocenters. The van der Waals surface area contributed by atoms with Crippen molar-refractivity contribution in [1.82, 2.24) is 4.81 Å². The highest BCUT2D eigenvalue weighted by atomic mass is 79.9. The van der Waals surface area contributed by atoms with Crippen LogP contribution in [0, 0.1) is 0 Å². The van der Waals surface area contributed by atoms with Crippen molar-refractivity contribution in [1.29, 1.82) is 0 Å². The molecular weight excluding hydrogens is 249 g/mol. The van der Waals surface area contributed by atoms with Crippen LogP contribution in [0.15, 0.2) is 28.7 Å². The zero-order valence-corrected chi connectivity index (χ0v) is 11.5. The van der Waals surface area contributed by atoms with Gasteiger partial charge in [-0.25, -0.2) is 0 Å². The molecule has 0 aliphatic carbocycles. The fraction of sp³-hybridized carbons (Fsp3) is 0.500. The molecule has 0 N–H and O–H groups in total. The second-order valence-electron chi connectivity index (χ2n) is 4.32. The van der Waals surface area contributed by atoms with E-state index < -0.39 is 0 Å². The molecule has 1 nitrogen and oxygen atoms in total. The van der Waals surface area contributed by atoms with E-state index in [1.54, 1.807) is 0 Å². The van der Waals surface area contributed by atoms with Crippen LogP contribution in [0.1, 0.15) is 27.7 Å². The van der Waals surface area contributed by atoms with Gasteiger partial charge in [0.25, 0.3) is 0 Å². The van der Waals surface area contributed by atoms with Crippen LogP contribution in [-0.4, -0.2) is 24.3 Å². The third kappa shape index (κ3) is 4.00. The number of hydrogen-bond donors (Lipinski definition) is 0. The zero-order valence-electron chi connectivity index (χ0n) is 9.87. The molecule has 0 bridgehead atoms. The topological polar surface area (TPSA) is 3.24 Å². The number of nitrogens with zero attached hydrogens (tertiary/aromatic N) is 1. The monoisotopic (exact) mass is 266 g/mol. The number of hydrogen-bond acceptors (Lipinski definition) is 1. The molecular formula is C12H18BBrN. The van der Waals surface area contributed by atoms with E-state index in [1.807, 2.05) is 0 Å². The molecule has 0 fully saturated rings. The van der Waals surface area contributed by atoms with Crippen LogP contribution in [0.5, 0.6) is 0 Å². The summed E-state index contributed by atoms with van der Waals surface area (Å²) in [5.74, 6) is 0. The maximum Gasteiger partial charge on any atom is 0.248 e. The molecule has 1 aromatic carbocycles. The molecule has 0 spiro atoms. The normalized spacial score (nSPS) is 11.5. The smallest absolute Gasteiger partial charge is 0.248 e. The highest BCUT2D eigenvalue weighted by Crippen LogP contribution is 2.07. The molecule has 81 valence electrons. The van der Waals surface area contributed by atoms with E-state index in [0.29, 0.717) is 12.1 Å². The summed E-state index contributed by atoms with van der Waals surface area (Å²) in [7, 11) is 2.22. The molecule has 0 aromatic heterocycles. The molecule has 0 amide bonds. The van der Waals surface area contributed by atoms with Crippen LogP contribution in [0.3, 0.4) is 0 Å². The highest BCUT2D eigenvalue weighted by molar-refractivity contribution is 9.10. The van der Waals surface area contributed by atoms with Crippen molar-refractivity contribution in [3.8, 4) is 0 Å². The molecule has 1 aromatic rings. The van der Waals surface area contributed by atoms with Gasteiger partial charge in [-0.1, -0.05) is 61.2 Å². The number of benzene rings is 1. The molecule has 3 heteroatoms. The largest absolute Gasteiger partial charge is 0.338 e. The Kier molecular flexibility index (Phi) is 4.87. The van der Waals surface area contributed by atoms with Crippen molar-refractivity contribution in [3.63, 3.8) is 0 Å². The minimum Gasteiger partial charge on any atom is -0.338 e. The lowest BCUT2D eigenvalue weighted by molar-refractivity contribution is 0.315. The lowest BCUT2D eigenvalue weighted by atomic mass is 9.78. The van der Waals surface area contributed by atoms with Crippen LogP contribution in [-0.2, 0) is 0 Å². The summed E-state index contributed by atoms with van der Waals surface area (Å²) in [5, 5.41) is 0. The van der Waals surface area contributed by atoms with Gasteiger partial charge in [-0.2, -0.15) is 0 Å². The van der Waals surface area contributed by atoms with Crippen LogP contribution < -0.4 is 5.46 Å². The molecule has 0 unspecified atom stereocenters. The maximum absolute atomic E-state index is 3.44. The van der Waals surface area contributed by atoms with E-state index in [-0.39, 0.29) is 0 Å². The van der Waals surface area contributed by atoms with Gasteiger partial charge in [0.1, 0.15) is 0 Å². The number of rotatable bonds is 4. The van der Waals surface area contributed by atoms with Gasteiger partial charge in [0.15, 0.2) is 0 Å². The SMILES string of the molecule is CC(C)N([B]c1ccc(Br)cc1)C(C)C. The Morgan fingerprint density at radius 2 is 1.47 bits per heavy atom. The minimum atomic E-state index is 0.536. The highest BCUT2D eigenvalue weighted by Gasteiger charge is 2.14. The second-order valence-corrected chi connectivity index (χ2v) is 5.23. The first-order valence-electron chi connectivity index (χ1n) is 5.38. The van der Waals surface area contributed by atoms with Gasteiger partial charge in [-0.15, -0.1) is 0 Å². The zero-order chi connectivity index (χ0) is 11.4. The van der Waals surface area contributed by atoms with Crippen LogP contribution >= 0.6 is 15.9 Å². The first-order valence-corrected chi connectivity index (χ1v) is 6.18. The lowest BCUT2D eigenvalue weighted by Crippen LogP contribution is -2.44. The van der Waals surface area contributed by atoms with Gasteiger partial charge < -0.3 is 4.81 Å². The third-order valence-electron chi connectivity index (χ3n) is 2.36. The Morgan fingerprint density at radius 1 is 1.00 bits per heavy atom. The van der Waals surface area contributed by atoms with E-state index in [1.165, 1.54) is 5.46 Å². The van der Waals surface area contributed by atoms with Crippen molar-refractivity contribution in [2.75, 3.05) is 0 Å². The Labute approximate surface area is 102 Å². The van der Waals surface area contributed by atoms with Crippen LogP contribution in [0.2, 0.25) is 0 Å². The van der Waals surface area contributed by atoms with Gasteiger partial charge >= 0.3 is 0 Å². The fourth-order valence-corrected chi connectivity index (χ4v) is 1.88. The Bertz CT molecular complexity index is 287. The van der Waals surface area contributed by atoms with Crippen molar-refractivity contribution in [3.05, 3.63) is 28.7 Å². The Balaban J connectivity index is 2.70. The summed E-state index contributed by atoms with van der Waals surface area (Å²) in [6, 6.07) is 9.47. The molecule has 1 rings (SSSR count). The van der Waals surface area contributed by atoms with Gasteiger partial charge in [0.05, 0.1) is 0 Å². The Morgan fingerprint density at radius 3 is 1.87 bits per heavy atom. The average molecular weight is 267 g/mol. The quantitative estimate of drug-likeness (QED) is 0.758. The lowest BCUT2D eigenvalue weighted by Gasteiger charge is -2.30. The van der Waals surface area contributed by atoms with E-state index in [2.05, 4.69) is 80.1 Å². The molecule has 0 saturated carbocycles. The summed E-state index contributed by atoms with van der Waals surface area (Å²) in [5.41, 5.74) is 1.25. The van der Waals surface area contributed by atoms with E-state index in [4.69, 9.17) is 0 Å².